The third-order valence-electron chi connectivity index (χ3n) is 2.21. The van der Waals surface area contributed by atoms with Crippen molar-refractivity contribution in [2.75, 3.05) is 5.32 Å². The summed E-state index contributed by atoms with van der Waals surface area (Å²) in [6.45, 7) is 5.52. The number of carboxylic acid groups (broad SMARTS) is 1. The zero-order valence-electron chi connectivity index (χ0n) is 10.4. The van der Waals surface area contributed by atoms with Crippen molar-refractivity contribution >= 4 is 29.0 Å². The van der Waals surface area contributed by atoms with E-state index in [1.807, 2.05) is 13.8 Å². The Labute approximate surface area is 111 Å². The van der Waals surface area contributed by atoms with Crippen LogP contribution in [0.25, 0.3) is 0 Å². The van der Waals surface area contributed by atoms with E-state index in [0.717, 1.165) is 0 Å². The van der Waals surface area contributed by atoms with E-state index in [9.17, 15) is 9.90 Å². The van der Waals surface area contributed by atoms with Gasteiger partial charge in [-0.3, -0.25) is 0 Å². The third kappa shape index (κ3) is 3.59. The average Bonchev–Trinajstić information content (AvgIpc) is 2.21. The number of thiocarbonyl (C=S) groups is 1. The number of benzene rings is 1. The van der Waals surface area contributed by atoms with Crippen molar-refractivity contribution in [3.05, 3.63) is 23.3 Å². The van der Waals surface area contributed by atoms with Crippen molar-refractivity contribution in [2.45, 2.75) is 26.8 Å². The quantitative estimate of drug-likeness (QED) is 0.496. The molecule has 0 unspecified atom stereocenters. The van der Waals surface area contributed by atoms with Crippen LogP contribution in [0.3, 0.4) is 0 Å². The van der Waals surface area contributed by atoms with Gasteiger partial charge >= 0.3 is 5.97 Å². The number of aromatic hydroxyl groups is 1. The Hall–Kier alpha value is -1.82. The zero-order valence-corrected chi connectivity index (χ0v) is 11.3. The molecule has 0 amide bonds. The Balaban J connectivity index is 2.97. The molecule has 0 radical (unpaired) electrons. The van der Waals surface area contributed by atoms with Gasteiger partial charge in [0.25, 0.3) is 0 Å². The lowest BCUT2D eigenvalue weighted by molar-refractivity contribution is 0.0693. The molecule has 0 aliphatic heterocycles. The van der Waals surface area contributed by atoms with Gasteiger partial charge in [0.05, 0.1) is 0 Å². The minimum absolute atomic E-state index is 0.148. The van der Waals surface area contributed by atoms with Gasteiger partial charge < -0.3 is 20.8 Å². The largest absolute Gasteiger partial charge is 0.507 e. The number of carbonyl (C=O) groups is 1. The second kappa shape index (κ2) is 5.68. The molecule has 0 aliphatic carbocycles. The monoisotopic (exact) mass is 268 g/mol. The fourth-order valence-corrected chi connectivity index (χ4v) is 1.80. The minimum atomic E-state index is -1.18. The maximum Gasteiger partial charge on any atom is 0.339 e. The van der Waals surface area contributed by atoms with Gasteiger partial charge in [-0.2, -0.15) is 0 Å². The highest BCUT2D eigenvalue weighted by molar-refractivity contribution is 7.80. The molecule has 18 heavy (non-hydrogen) atoms. The Bertz CT molecular complexity index is 486. The summed E-state index contributed by atoms with van der Waals surface area (Å²) >= 11 is 5.07. The van der Waals surface area contributed by atoms with Crippen LogP contribution in [0.4, 0.5) is 5.69 Å². The lowest BCUT2D eigenvalue weighted by Gasteiger charge is -2.14. The van der Waals surface area contributed by atoms with Crippen LogP contribution in [0.5, 0.6) is 5.75 Å². The van der Waals surface area contributed by atoms with Crippen molar-refractivity contribution in [3.8, 4) is 5.75 Å². The van der Waals surface area contributed by atoms with E-state index < -0.39 is 5.97 Å². The molecule has 0 bridgehead atoms. The van der Waals surface area contributed by atoms with E-state index in [1.54, 1.807) is 13.0 Å². The number of hydrogen-bond acceptors (Lipinski definition) is 3. The van der Waals surface area contributed by atoms with Crippen LogP contribution in [0.2, 0.25) is 0 Å². The predicted molar refractivity (Wildman–Crippen MR) is 74.3 cm³/mol. The normalized spacial score (nSPS) is 10.2. The first kappa shape index (κ1) is 14.2. The molecule has 1 aromatic rings. The lowest BCUT2D eigenvalue weighted by atomic mass is 10.1. The van der Waals surface area contributed by atoms with Crippen molar-refractivity contribution in [2.24, 2.45) is 0 Å². The van der Waals surface area contributed by atoms with E-state index in [1.165, 1.54) is 6.07 Å². The highest BCUT2D eigenvalue weighted by Crippen LogP contribution is 2.26. The average molecular weight is 268 g/mol. The first-order valence-corrected chi connectivity index (χ1v) is 5.86. The van der Waals surface area contributed by atoms with Crippen LogP contribution in [0.15, 0.2) is 12.1 Å². The highest BCUT2D eigenvalue weighted by Gasteiger charge is 2.13. The molecule has 1 aromatic carbocycles. The molecule has 6 heteroatoms. The molecule has 5 nitrogen and oxygen atoms in total. The summed E-state index contributed by atoms with van der Waals surface area (Å²) in [5.41, 5.74) is 0.857. The van der Waals surface area contributed by atoms with Crippen LogP contribution in [-0.4, -0.2) is 27.3 Å². The molecule has 0 spiro atoms. The molecule has 4 N–H and O–H groups in total. The van der Waals surface area contributed by atoms with Gasteiger partial charge in [-0.05, 0) is 50.7 Å². The molecule has 0 heterocycles. The summed E-state index contributed by atoms with van der Waals surface area (Å²) in [6, 6.07) is 3.16. The van der Waals surface area contributed by atoms with E-state index >= 15 is 0 Å². The smallest absolute Gasteiger partial charge is 0.339 e. The maximum absolute atomic E-state index is 11.0. The summed E-state index contributed by atoms with van der Waals surface area (Å²) in [6.07, 6.45) is 0. The fraction of sp³-hybridized carbons (Fsp3) is 0.333. The van der Waals surface area contributed by atoms with Crippen molar-refractivity contribution in [3.63, 3.8) is 0 Å². The van der Waals surface area contributed by atoms with E-state index in [4.69, 9.17) is 17.3 Å². The number of anilines is 1. The molecule has 0 atom stereocenters. The van der Waals surface area contributed by atoms with Gasteiger partial charge in [0.2, 0.25) is 0 Å². The number of nitrogens with one attached hydrogen (secondary N) is 2. The molecule has 0 fully saturated rings. The number of carboxylic acids is 1. The Morgan fingerprint density at radius 2 is 2.00 bits per heavy atom. The molecule has 1 rings (SSSR count). The molecular weight excluding hydrogens is 252 g/mol. The first-order valence-electron chi connectivity index (χ1n) is 5.45. The molecule has 0 saturated carbocycles. The van der Waals surface area contributed by atoms with Gasteiger partial charge in [0.15, 0.2) is 5.11 Å². The first-order chi connectivity index (χ1) is 8.31. The number of aryl methyl sites for hydroxylation is 1. The fourth-order valence-electron chi connectivity index (χ4n) is 1.44. The number of rotatable bonds is 3. The molecule has 0 aliphatic rings. The highest BCUT2D eigenvalue weighted by atomic mass is 32.1. The van der Waals surface area contributed by atoms with E-state index in [2.05, 4.69) is 10.6 Å². The van der Waals surface area contributed by atoms with Crippen molar-refractivity contribution < 1.29 is 15.0 Å². The molecule has 0 saturated heterocycles. The van der Waals surface area contributed by atoms with Crippen LogP contribution in [0, 0.1) is 6.92 Å². The topological polar surface area (TPSA) is 81.6 Å². The Morgan fingerprint density at radius 1 is 1.39 bits per heavy atom. The summed E-state index contributed by atoms with van der Waals surface area (Å²) in [5, 5.41) is 24.8. The van der Waals surface area contributed by atoms with Crippen LogP contribution >= 0.6 is 12.2 Å². The Morgan fingerprint density at radius 3 is 2.50 bits per heavy atom. The van der Waals surface area contributed by atoms with E-state index in [-0.39, 0.29) is 17.4 Å². The van der Waals surface area contributed by atoms with Crippen LogP contribution in [0.1, 0.15) is 29.8 Å². The summed E-state index contributed by atoms with van der Waals surface area (Å²) < 4.78 is 0. The standard InChI is InChI=1S/C12H16N2O3S/c1-6(2)13-12(18)14-8-4-7(3)10(15)9(5-8)11(16)17/h4-6,15H,1-3H3,(H,16,17)(H2,13,14,18). The zero-order chi connectivity index (χ0) is 13.9. The molecule has 98 valence electrons. The molecular formula is C12H16N2O3S. The second-order valence-corrected chi connectivity index (χ2v) is 4.66. The SMILES string of the molecule is Cc1cc(NC(=S)NC(C)C)cc(C(=O)O)c1O. The van der Waals surface area contributed by atoms with Gasteiger partial charge in [0.1, 0.15) is 11.3 Å². The van der Waals surface area contributed by atoms with Crippen molar-refractivity contribution in [1.82, 2.24) is 5.32 Å². The van der Waals surface area contributed by atoms with Gasteiger partial charge in [-0.25, -0.2) is 4.79 Å². The van der Waals surface area contributed by atoms with Gasteiger partial charge in [-0.1, -0.05) is 0 Å². The molecule has 0 aromatic heterocycles. The maximum atomic E-state index is 11.0. The third-order valence-corrected chi connectivity index (χ3v) is 2.43. The summed E-state index contributed by atoms with van der Waals surface area (Å²) in [5.74, 6) is -1.40. The predicted octanol–water partition coefficient (Wildman–Crippen LogP) is 2.09. The van der Waals surface area contributed by atoms with Crippen LogP contribution in [-0.2, 0) is 0 Å². The lowest BCUT2D eigenvalue weighted by Crippen LogP contribution is -2.33. The second-order valence-electron chi connectivity index (χ2n) is 4.25. The van der Waals surface area contributed by atoms with Crippen LogP contribution < -0.4 is 10.6 Å². The number of hydrogen-bond donors (Lipinski definition) is 4. The van der Waals surface area contributed by atoms with E-state index in [0.29, 0.717) is 16.4 Å². The summed E-state index contributed by atoms with van der Waals surface area (Å²) in [7, 11) is 0. The minimum Gasteiger partial charge on any atom is -0.507 e. The number of phenols is 1. The Kier molecular flexibility index (Phi) is 4.49. The van der Waals surface area contributed by atoms with Crippen molar-refractivity contribution in [1.29, 1.82) is 0 Å². The number of aromatic carboxylic acids is 1. The van der Waals surface area contributed by atoms with Gasteiger partial charge in [-0.15, -0.1) is 0 Å². The van der Waals surface area contributed by atoms with Gasteiger partial charge in [0, 0.05) is 11.7 Å². The summed E-state index contributed by atoms with van der Waals surface area (Å²) in [4.78, 5) is 11.0.